The molecule has 0 spiro atoms. The molecule has 0 aliphatic rings. The Balaban J connectivity index is 4.68. The number of nitrogens with zero attached hydrogens (tertiary/aromatic N) is 2. The van der Waals surface area contributed by atoms with Crippen molar-refractivity contribution in [3.8, 4) is 0 Å². The molecule has 0 aromatic heterocycles. The second-order valence-electron chi connectivity index (χ2n) is 5.11. The van der Waals surface area contributed by atoms with Gasteiger partial charge in [-0.25, -0.2) is 4.79 Å². The van der Waals surface area contributed by atoms with E-state index in [9.17, 15) is 14.4 Å². The van der Waals surface area contributed by atoms with Crippen LogP contribution in [0.4, 0.5) is 0 Å². The molecule has 0 saturated carbocycles. The first-order chi connectivity index (χ1) is 9.76. The van der Waals surface area contributed by atoms with Crippen LogP contribution in [0, 0.1) is 5.53 Å². The van der Waals surface area contributed by atoms with Crippen molar-refractivity contribution >= 4 is 23.9 Å². The van der Waals surface area contributed by atoms with Crippen molar-refractivity contribution in [2.24, 2.45) is 0 Å². The zero-order chi connectivity index (χ0) is 16.4. The number of hydrogen-bond donors (Lipinski definition) is 2. The number of ketones is 1. The van der Waals surface area contributed by atoms with Crippen LogP contribution in [0.2, 0.25) is 0 Å². The molecule has 0 aliphatic heterocycles. The van der Waals surface area contributed by atoms with Crippen molar-refractivity contribution in [1.29, 1.82) is 5.53 Å². The topological polar surface area (TPSA) is 114 Å². The molecule has 0 bridgehead atoms. The average molecular weight is 299 g/mol. The van der Waals surface area contributed by atoms with Gasteiger partial charge in [0.15, 0.2) is 0 Å². The van der Waals surface area contributed by atoms with E-state index in [4.69, 9.17) is 10.3 Å². The van der Waals surface area contributed by atoms with E-state index < -0.39 is 12.0 Å². The Morgan fingerprint density at radius 1 is 1.33 bits per heavy atom. The molecule has 1 atom stereocenters. The lowest BCUT2D eigenvalue weighted by molar-refractivity contribution is -0.151. The highest BCUT2D eigenvalue weighted by Gasteiger charge is 2.24. The second kappa shape index (κ2) is 9.79. The summed E-state index contributed by atoms with van der Waals surface area (Å²) in [7, 11) is 3.46. The van der Waals surface area contributed by atoms with E-state index in [-0.39, 0.29) is 37.2 Å². The molecule has 8 nitrogen and oxygen atoms in total. The number of esters is 1. The highest BCUT2D eigenvalue weighted by atomic mass is 16.5. The van der Waals surface area contributed by atoms with Gasteiger partial charge in [0.05, 0.1) is 23.0 Å². The zero-order valence-electron chi connectivity index (χ0n) is 12.9. The molecule has 0 radical (unpaired) electrons. The number of Topliss-reactive ketones (excluding diaryl/α,β-unsaturated/α-hetero) is 1. The summed E-state index contributed by atoms with van der Waals surface area (Å²) in [6, 6.07) is -0.886. The predicted octanol–water partition coefficient (Wildman–Crippen LogP) is -0.356. The average Bonchev–Trinajstić information content (AvgIpc) is 2.32. The highest BCUT2D eigenvalue weighted by Crippen LogP contribution is 2.03. The number of carbonyl (C=O) groups excluding carboxylic acids is 3. The van der Waals surface area contributed by atoms with Crippen molar-refractivity contribution in [3.63, 3.8) is 0 Å². The molecule has 2 N–H and O–H groups in total. The quantitative estimate of drug-likeness (QED) is 0.261. The molecular formula is C13H23N4O4+. The van der Waals surface area contributed by atoms with E-state index in [1.807, 2.05) is 0 Å². The Hall–Kier alpha value is -2.05. The Kier molecular flexibility index (Phi) is 8.84. The number of carbonyl (C=O) groups is 3. The molecule has 0 aliphatic carbocycles. The van der Waals surface area contributed by atoms with Crippen LogP contribution < -0.4 is 5.32 Å². The van der Waals surface area contributed by atoms with Crippen molar-refractivity contribution < 1.29 is 23.9 Å². The largest absolute Gasteiger partial charge is 0.461 e. The minimum absolute atomic E-state index is 0.00247. The summed E-state index contributed by atoms with van der Waals surface area (Å²) >= 11 is 0. The van der Waals surface area contributed by atoms with Gasteiger partial charge in [0.25, 0.3) is 0 Å². The van der Waals surface area contributed by atoms with E-state index in [1.54, 1.807) is 32.8 Å². The van der Waals surface area contributed by atoms with Gasteiger partial charge in [0.2, 0.25) is 11.7 Å². The monoisotopic (exact) mass is 299 g/mol. The summed E-state index contributed by atoms with van der Waals surface area (Å²) in [5, 5.41) is 2.55. The SMILES string of the molecule is CC(C)OC(=O)[C@H](CCC(=O)C=[N+]=N)NC(=O)CN(C)C. The van der Waals surface area contributed by atoms with Crippen molar-refractivity contribution in [2.45, 2.75) is 38.8 Å². The Morgan fingerprint density at radius 3 is 2.43 bits per heavy atom. The lowest BCUT2D eigenvalue weighted by atomic mass is 10.1. The van der Waals surface area contributed by atoms with Gasteiger partial charge >= 0.3 is 12.2 Å². The first kappa shape index (κ1) is 18.9. The maximum Gasteiger partial charge on any atom is 0.372 e. The van der Waals surface area contributed by atoms with Gasteiger partial charge in [-0.05, 0) is 34.4 Å². The Morgan fingerprint density at radius 2 is 1.95 bits per heavy atom. The van der Waals surface area contributed by atoms with Crippen LogP contribution in [0.3, 0.4) is 0 Å². The summed E-state index contributed by atoms with van der Waals surface area (Å²) in [4.78, 5) is 39.5. The zero-order valence-corrected chi connectivity index (χ0v) is 12.9. The number of ether oxygens (including phenoxy) is 1. The summed E-state index contributed by atoms with van der Waals surface area (Å²) in [6.45, 7) is 3.54. The Labute approximate surface area is 124 Å². The number of nitrogens with one attached hydrogen (secondary N) is 2. The maximum atomic E-state index is 11.9. The number of amides is 1. The van der Waals surface area contributed by atoms with Crippen LogP contribution >= 0.6 is 0 Å². The first-order valence-corrected chi connectivity index (χ1v) is 6.63. The lowest BCUT2D eigenvalue weighted by Crippen LogP contribution is -2.45. The van der Waals surface area contributed by atoms with Gasteiger partial charge in [0.1, 0.15) is 6.04 Å². The van der Waals surface area contributed by atoms with Crippen LogP contribution in [0.25, 0.3) is 0 Å². The van der Waals surface area contributed by atoms with Gasteiger partial charge in [-0.15, -0.1) is 0 Å². The normalized spacial score (nSPS) is 11.7. The van der Waals surface area contributed by atoms with E-state index in [2.05, 4.69) is 10.1 Å². The molecule has 21 heavy (non-hydrogen) atoms. The minimum Gasteiger partial charge on any atom is -0.461 e. The number of likely N-dealkylation sites (N-methyl/N-ethyl adjacent to an activating group) is 1. The van der Waals surface area contributed by atoms with Crippen LogP contribution in [-0.4, -0.2) is 66.4 Å². The third-order valence-electron chi connectivity index (χ3n) is 2.32. The van der Waals surface area contributed by atoms with Crippen LogP contribution in [0.5, 0.6) is 0 Å². The minimum atomic E-state index is -0.886. The van der Waals surface area contributed by atoms with Gasteiger partial charge in [-0.3, -0.25) is 9.59 Å². The van der Waals surface area contributed by atoms with Gasteiger partial charge in [-0.1, -0.05) is 0 Å². The first-order valence-electron chi connectivity index (χ1n) is 6.63. The fraction of sp³-hybridized carbons (Fsp3) is 0.692. The number of rotatable bonds is 9. The molecule has 118 valence electrons. The second-order valence-corrected chi connectivity index (χ2v) is 5.11. The van der Waals surface area contributed by atoms with Crippen molar-refractivity contribution in [2.75, 3.05) is 20.6 Å². The van der Waals surface area contributed by atoms with E-state index in [0.717, 1.165) is 6.21 Å². The molecule has 0 rings (SSSR count). The molecule has 0 heterocycles. The van der Waals surface area contributed by atoms with E-state index >= 15 is 0 Å². The molecule has 0 aromatic carbocycles. The molecule has 0 aromatic rings. The fourth-order valence-corrected chi connectivity index (χ4v) is 1.51. The summed E-state index contributed by atoms with van der Waals surface area (Å²) < 4.78 is 5.06. The Bertz CT molecular complexity index is 428. The van der Waals surface area contributed by atoms with Crippen molar-refractivity contribution in [3.05, 3.63) is 0 Å². The lowest BCUT2D eigenvalue weighted by Gasteiger charge is -2.19. The third kappa shape index (κ3) is 9.48. The molecule has 0 fully saturated rings. The van der Waals surface area contributed by atoms with E-state index in [0.29, 0.717) is 0 Å². The van der Waals surface area contributed by atoms with E-state index in [1.165, 1.54) is 0 Å². The summed E-state index contributed by atoms with van der Waals surface area (Å²) in [5.74, 6) is -1.28. The third-order valence-corrected chi connectivity index (χ3v) is 2.32. The van der Waals surface area contributed by atoms with Gasteiger partial charge in [0, 0.05) is 6.42 Å². The van der Waals surface area contributed by atoms with Gasteiger partial charge < -0.3 is 15.0 Å². The smallest absolute Gasteiger partial charge is 0.372 e. The van der Waals surface area contributed by atoms with Crippen LogP contribution in [-0.2, 0) is 19.1 Å². The molecular weight excluding hydrogens is 276 g/mol. The molecule has 0 unspecified atom stereocenters. The maximum absolute atomic E-state index is 11.9. The van der Waals surface area contributed by atoms with Crippen LogP contribution in [0.1, 0.15) is 26.7 Å². The standard InChI is InChI=1S/C13H22N4O4/c1-9(2)21-13(20)11(6-5-10(18)7-15-14)16-12(19)8-17(3)4/h7,9,11,14H,5-6,8H2,1-4H3/p+1/t11-/m0/s1. The van der Waals surface area contributed by atoms with Crippen molar-refractivity contribution in [1.82, 2.24) is 10.2 Å². The van der Waals surface area contributed by atoms with Crippen LogP contribution in [0.15, 0.2) is 0 Å². The fourth-order valence-electron chi connectivity index (χ4n) is 1.51. The molecule has 0 saturated heterocycles. The molecule has 1 amide bonds. The van der Waals surface area contributed by atoms with Gasteiger partial charge in [-0.2, -0.15) is 0 Å². The summed E-state index contributed by atoms with van der Waals surface area (Å²) in [6.07, 6.45) is 0.668. The molecule has 8 heteroatoms. The summed E-state index contributed by atoms with van der Waals surface area (Å²) in [5.41, 5.74) is 6.57. The predicted molar refractivity (Wildman–Crippen MR) is 75.0 cm³/mol. The number of hydrogen-bond acceptors (Lipinski definition) is 6. The highest BCUT2D eigenvalue weighted by molar-refractivity contribution is 6.25.